The van der Waals surface area contributed by atoms with Crippen LogP contribution < -0.4 is 0 Å². The topological polar surface area (TPSA) is 150 Å². The summed E-state index contributed by atoms with van der Waals surface area (Å²) in [5.74, 6) is -0.678. The van der Waals surface area contributed by atoms with Crippen LogP contribution in [0.4, 0.5) is 9.59 Å². The van der Waals surface area contributed by atoms with Crippen LogP contribution in [0.5, 0.6) is 0 Å². The Morgan fingerprint density at radius 2 is 1.50 bits per heavy atom. The van der Waals surface area contributed by atoms with E-state index in [0.717, 1.165) is 6.26 Å². The van der Waals surface area contributed by atoms with Crippen LogP contribution in [0, 0.1) is 28.6 Å². The zero-order chi connectivity index (χ0) is 25.6. The largest absolute Gasteiger partial charge is 0.444 e. The number of hydrogen-bond acceptors (Lipinski definition) is 9. The molecule has 0 aromatic rings. The second-order valence-electron chi connectivity index (χ2n) is 9.66. The first-order valence-corrected chi connectivity index (χ1v) is 12.1. The zero-order valence-electron chi connectivity index (χ0n) is 20.1. The van der Waals surface area contributed by atoms with Crippen LogP contribution in [-0.2, 0) is 23.8 Å². The summed E-state index contributed by atoms with van der Waals surface area (Å²) >= 11 is 0. The second kappa shape index (κ2) is 12.0. The van der Waals surface area contributed by atoms with E-state index in [-0.39, 0.29) is 26.6 Å². The van der Waals surface area contributed by atoms with E-state index in [1.807, 2.05) is 32.9 Å². The van der Waals surface area contributed by atoms with Crippen molar-refractivity contribution < 1.29 is 31.7 Å². The molecule has 192 valence electrons. The quantitative estimate of drug-likeness (QED) is 0.521. The summed E-state index contributed by atoms with van der Waals surface area (Å²) in [7, 11) is -3.66. The van der Waals surface area contributed by atoms with E-state index in [2.05, 4.69) is 0 Å². The maximum atomic E-state index is 11.8. The van der Waals surface area contributed by atoms with Crippen LogP contribution in [0.2, 0.25) is 0 Å². The fourth-order valence-corrected chi connectivity index (χ4v) is 3.44. The van der Waals surface area contributed by atoms with Gasteiger partial charge in [0.25, 0.3) is 10.1 Å². The van der Waals surface area contributed by atoms with Crippen LogP contribution in [0.25, 0.3) is 0 Å². The molecule has 2 heterocycles. The van der Waals surface area contributed by atoms with Crippen molar-refractivity contribution in [3.8, 4) is 12.1 Å². The van der Waals surface area contributed by atoms with Gasteiger partial charge in [-0.2, -0.15) is 18.9 Å². The van der Waals surface area contributed by atoms with Gasteiger partial charge in [0.1, 0.15) is 17.3 Å². The fourth-order valence-electron chi connectivity index (χ4n) is 2.80. The van der Waals surface area contributed by atoms with Crippen molar-refractivity contribution in [1.82, 2.24) is 9.80 Å². The summed E-state index contributed by atoms with van der Waals surface area (Å²) in [5.41, 5.74) is -0.502. The van der Waals surface area contributed by atoms with Crippen molar-refractivity contribution in [2.24, 2.45) is 5.92 Å². The van der Waals surface area contributed by atoms with E-state index in [1.165, 1.54) is 9.80 Å². The van der Waals surface area contributed by atoms with Crippen molar-refractivity contribution in [2.75, 3.05) is 32.4 Å². The first kappa shape index (κ1) is 31.2. The maximum absolute atomic E-state index is 11.8. The molecule has 0 N–H and O–H groups in total. The van der Waals surface area contributed by atoms with Crippen molar-refractivity contribution >= 4 is 22.3 Å². The van der Waals surface area contributed by atoms with Gasteiger partial charge < -0.3 is 14.4 Å². The minimum absolute atomic E-state index is 0. The van der Waals surface area contributed by atoms with Crippen molar-refractivity contribution in [3.05, 3.63) is 11.6 Å². The predicted octanol–water partition coefficient (Wildman–Crippen LogP) is 3.04. The minimum atomic E-state index is -3.66. The zero-order valence-corrected chi connectivity index (χ0v) is 20.9. The van der Waals surface area contributed by atoms with E-state index in [4.69, 9.17) is 24.2 Å². The molecule has 0 unspecified atom stereocenters. The normalized spacial score (nSPS) is 20.1. The SMILES string of the molecule is C.CC(C)(C)OC(=O)N1CC=C(C#N)C1.CC(C)(C)OC(=O)N1C[C@H](OS(C)(=O)=O)[C@@H](C#N)C1. The number of ether oxygens (including phenoxy) is 2. The first-order valence-electron chi connectivity index (χ1n) is 10.3. The summed E-state index contributed by atoms with van der Waals surface area (Å²) in [6, 6.07) is 3.97. The molecule has 2 aliphatic rings. The Kier molecular flexibility index (Phi) is 11.0. The molecule has 34 heavy (non-hydrogen) atoms. The molecular formula is C22H36N4O7S. The molecule has 0 radical (unpaired) electrons. The summed E-state index contributed by atoms with van der Waals surface area (Å²) in [5, 5.41) is 17.6. The molecule has 1 saturated heterocycles. The third kappa shape index (κ3) is 11.3. The highest BCUT2D eigenvalue weighted by Crippen LogP contribution is 2.23. The van der Waals surface area contributed by atoms with Crippen LogP contribution in [-0.4, -0.2) is 80.1 Å². The van der Waals surface area contributed by atoms with E-state index < -0.39 is 39.4 Å². The smallest absolute Gasteiger partial charge is 0.410 e. The van der Waals surface area contributed by atoms with Crippen molar-refractivity contribution in [1.29, 1.82) is 10.5 Å². The van der Waals surface area contributed by atoms with E-state index in [0.29, 0.717) is 18.7 Å². The van der Waals surface area contributed by atoms with Gasteiger partial charge >= 0.3 is 12.2 Å². The van der Waals surface area contributed by atoms with Crippen LogP contribution in [0.15, 0.2) is 11.6 Å². The minimum Gasteiger partial charge on any atom is -0.444 e. The van der Waals surface area contributed by atoms with Crippen molar-refractivity contribution in [3.63, 3.8) is 0 Å². The van der Waals surface area contributed by atoms with Gasteiger partial charge in [-0.3, -0.25) is 9.08 Å². The number of nitrogens with zero attached hydrogens (tertiary/aromatic N) is 4. The summed E-state index contributed by atoms with van der Waals surface area (Å²) < 4.78 is 37.3. The standard InChI is InChI=1S/C11H18N2O5S.C10H14N2O2.CH4/c1-11(2,3)17-10(14)13-6-8(5-12)9(7-13)18-19(4,15)16;1-10(2,3)14-9(13)12-5-4-8(6-11)7-12;/h8-9H,6-7H2,1-4H3;4H,5,7H2,1-3H3;1H4/t8-,9-;;/m0../s1. The van der Waals surface area contributed by atoms with Gasteiger partial charge in [0.2, 0.25) is 0 Å². The first-order chi connectivity index (χ1) is 14.9. The number of amides is 2. The number of hydrogen-bond donors (Lipinski definition) is 0. The summed E-state index contributed by atoms with van der Waals surface area (Å²) in [6.07, 6.45) is 0.875. The van der Waals surface area contributed by atoms with Gasteiger partial charge in [-0.25, -0.2) is 9.59 Å². The number of carbonyl (C=O) groups is 2. The molecule has 2 atom stereocenters. The Hall–Kier alpha value is -2.83. The lowest BCUT2D eigenvalue weighted by atomic mass is 10.1. The Morgan fingerprint density at radius 3 is 1.88 bits per heavy atom. The van der Waals surface area contributed by atoms with Gasteiger partial charge in [0, 0.05) is 18.7 Å². The van der Waals surface area contributed by atoms with Gasteiger partial charge in [-0.1, -0.05) is 7.43 Å². The molecule has 0 spiro atoms. The molecule has 0 aliphatic carbocycles. The molecular weight excluding hydrogens is 464 g/mol. The lowest BCUT2D eigenvalue weighted by molar-refractivity contribution is 0.0272. The molecule has 2 rings (SSSR count). The van der Waals surface area contributed by atoms with E-state index in [1.54, 1.807) is 26.8 Å². The lowest BCUT2D eigenvalue weighted by Gasteiger charge is -2.24. The molecule has 11 nitrogen and oxygen atoms in total. The lowest BCUT2D eigenvalue weighted by Crippen LogP contribution is -2.36. The molecule has 0 saturated carbocycles. The molecule has 0 aromatic heterocycles. The summed E-state index contributed by atoms with van der Waals surface area (Å²) in [6.45, 7) is 11.6. The molecule has 2 aliphatic heterocycles. The number of carbonyl (C=O) groups excluding carboxylic acids is 2. The highest BCUT2D eigenvalue weighted by molar-refractivity contribution is 7.86. The Balaban J connectivity index is 0.000000649. The van der Waals surface area contributed by atoms with Crippen LogP contribution in [0.1, 0.15) is 49.0 Å². The molecule has 12 heteroatoms. The van der Waals surface area contributed by atoms with Gasteiger partial charge in [0.05, 0.1) is 37.4 Å². The van der Waals surface area contributed by atoms with Crippen molar-refractivity contribution in [2.45, 2.75) is 66.3 Å². The maximum Gasteiger partial charge on any atom is 0.410 e. The molecule has 1 fully saturated rings. The average molecular weight is 501 g/mol. The fraction of sp³-hybridized carbons (Fsp3) is 0.727. The molecule has 0 aromatic carbocycles. The van der Waals surface area contributed by atoms with Crippen LogP contribution in [0.3, 0.4) is 0 Å². The molecule has 0 bridgehead atoms. The average Bonchev–Trinajstić information content (AvgIpc) is 3.24. The third-order valence-electron chi connectivity index (χ3n) is 4.10. The van der Waals surface area contributed by atoms with Gasteiger partial charge in [0.15, 0.2) is 0 Å². The Bertz CT molecular complexity index is 950. The highest BCUT2D eigenvalue weighted by Gasteiger charge is 2.39. The van der Waals surface area contributed by atoms with E-state index in [9.17, 15) is 18.0 Å². The molecule has 2 amide bonds. The number of rotatable bonds is 2. The van der Waals surface area contributed by atoms with Gasteiger partial charge in [-0.15, -0.1) is 0 Å². The monoisotopic (exact) mass is 500 g/mol. The predicted molar refractivity (Wildman–Crippen MR) is 125 cm³/mol. The van der Waals surface area contributed by atoms with E-state index >= 15 is 0 Å². The Morgan fingerprint density at radius 1 is 1.00 bits per heavy atom. The third-order valence-corrected chi connectivity index (χ3v) is 4.69. The van der Waals surface area contributed by atoms with Crippen LogP contribution >= 0.6 is 0 Å². The Labute approximate surface area is 203 Å². The number of likely N-dealkylation sites (tertiary alicyclic amines) is 1. The highest BCUT2D eigenvalue weighted by atomic mass is 32.2. The summed E-state index contributed by atoms with van der Waals surface area (Å²) in [4.78, 5) is 26.1. The number of nitriles is 2. The second-order valence-corrected chi connectivity index (χ2v) is 11.3. The van der Waals surface area contributed by atoms with Gasteiger partial charge in [-0.05, 0) is 47.6 Å².